The maximum absolute atomic E-state index is 10.7. The zero-order chi connectivity index (χ0) is 11.7. The summed E-state index contributed by atoms with van der Waals surface area (Å²) in [6.07, 6.45) is 1.20. The normalized spacial score (nSPS) is 10.3. The van der Waals surface area contributed by atoms with Crippen LogP contribution >= 0.6 is 11.6 Å². The summed E-state index contributed by atoms with van der Waals surface area (Å²) in [6.45, 7) is 0. The molecule has 0 saturated carbocycles. The van der Waals surface area contributed by atoms with Crippen molar-refractivity contribution in [1.82, 2.24) is 9.78 Å². The molecule has 1 aromatic heterocycles. The number of nitrogens with zero attached hydrogens (tertiary/aromatic N) is 2. The van der Waals surface area contributed by atoms with Gasteiger partial charge < -0.3 is 10.2 Å². The summed E-state index contributed by atoms with van der Waals surface area (Å²) in [4.78, 5) is 10.7. The number of rotatable bonds is 2. The van der Waals surface area contributed by atoms with Crippen LogP contribution < -0.4 is 0 Å². The lowest BCUT2D eigenvalue weighted by Gasteiger charge is -2.02. The van der Waals surface area contributed by atoms with Gasteiger partial charge in [-0.2, -0.15) is 5.10 Å². The third kappa shape index (κ3) is 1.72. The number of carboxylic acid groups (broad SMARTS) is 1. The minimum absolute atomic E-state index is 0.396. The number of hydrogen-bond donors (Lipinski definition) is 2. The van der Waals surface area contributed by atoms with Gasteiger partial charge in [-0.25, -0.2) is 9.48 Å². The van der Waals surface area contributed by atoms with E-state index in [1.807, 2.05) is 0 Å². The average molecular weight is 239 g/mol. The van der Waals surface area contributed by atoms with Crippen molar-refractivity contribution in [2.24, 2.45) is 0 Å². The van der Waals surface area contributed by atoms with Crippen LogP contribution in [0.2, 0.25) is 5.02 Å². The van der Waals surface area contributed by atoms with Crippen molar-refractivity contribution in [2.45, 2.75) is 0 Å². The van der Waals surface area contributed by atoms with E-state index in [4.69, 9.17) is 16.7 Å². The van der Waals surface area contributed by atoms with E-state index in [1.165, 1.54) is 10.9 Å². The Morgan fingerprint density at radius 1 is 1.38 bits per heavy atom. The Labute approximate surface area is 95.5 Å². The van der Waals surface area contributed by atoms with Crippen LogP contribution in [-0.4, -0.2) is 26.0 Å². The first-order chi connectivity index (χ1) is 7.59. The monoisotopic (exact) mass is 238 g/mol. The zero-order valence-electron chi connectivity index (χ0n) is 7.96. The van der Waals surface area contributed by atoms with Crippen molar-refractivity contribution in [3.8, 4) is 11.4 Å². The van der Waals surface area contributed by atoms with Crippen molar-refractivity contribution in [3.63, 3.8) is 0 Å². The van der Waals surface area contributed by atoms with Gasteiger partial charge >= 0.3 is 5.97 Å². The highest BCUT2D eigenvalue weighted by Crippen LogP contribution is 2.23. The van der Waals surface area contributed by atoms with E-state index in [2.05, 4.69) is 5.10 Å². The number of para-hydroxylation sites is 1. The van der Waals surface area contributed by atoms with Crippen LogP contribution in [0.25, 0.3) is 5.69 Å². The van der Waals surface area contributed by atoms with Gasteiger partial charge in [0.25, 0.3) is 0 Å². The molecule has 5 nitrogen and oxygen atoms in total. The molecule has 0 spiro atoms. The summed E-state index contributed by atoms with van der Waals surface area (Å²) in [5.41, 5.74) is 0.104. The van der Waals surface area contributed by atoms with Gasteiger partial charge in [-0.05, 0) is 12.1 Å². The van der Waals surface area contributed by atoms with Crippen LogP contribution in [-0.2, 0) is 0 Å². The van der Waals surface area contributed by atoms with Crippen molar-refractivity contribution >= 4 is 17.6 Å². The molecule has 1 heterocycles. The molecule has 0 atom stereocenters. The summed E-state index contributed by atoms with van der Waals surface area (Å²) in [7, 11) is 0. The van der Waals surface area contributed by atoms with Crippen LogP contribution in [0.4, 0.5) is 0 Å². The molecule has 16 heavy (non-hydrogen) atoms. The van der Waals surface area contributed by atoms with E-state index >= 15 is 0 Å². The first kappa shape index (κ1) is 10.5. The molecule has 6 heteroatoms. The zero-order valence-corrected chi connectivity index (χ0v) is 8.72. The summed E-state index contributed by atoms with van der Waals surface area (Å²) >= 11 is 5.91. The molecule has 82 valence electrons. The number of carboxylic acids is 1. The number of aromatic carboxylic acids is 1. The van der Waals surface area contributed by atoms with Gasteiger partial charge in [0.2, 0.25) is 5.69 Å². The minimum atomic E-state index is -1.29. The fraction of sp³-hybridized carbons (Fsp3) is 0. The number of carbonyl (C=O) groups is 1. The Hall–Kier alpha value is -2.01. The molecule has 0 amide bonds. The molecular formula is C10H7ClN2O3. The Balaban J connectivity index is 2.54. The predicted molar refractivity (Wildman–Crippen MR) is 57.2 cm³/mol. The van der Waals surface area contributed by atoms with E-state index < -0.39 is 17.4 Å². The Morgan fingerprint density at radius 3 is 2.62 bits per heavy atom. The fourth-order valence-electron chi connectivity index (χ4n) is 1.28. The summed E-state index contributed by atoms with van der Waals surface area (Å²) in [5.74, 6) is -1.68. The molecule has 0 aliphatic heterocycles. The first-order valence-electron chi connectivity index (χ1n) is 4.36. The third-order valence-electron chi connectivity index (χ3n) is 2.00. The lowest BCUT2D eigenvalue weighted by molar-refractivity contribution is 0.0687. The molecule has 0 saturated heterocycles. The second-order valence-corrected chi connectivity index (χ2v) is 3.47. The number of benzene rings is 1. The molecule has 0 aliphatic carbocycles. The van der Waals surface area contributed by atoms with E-state index in [0.717, 1.165) is 0 Å². The highest BCUT2D eigenvalue weighted by Gasteiger charge is 2.16. The molecule has 0 bridgehead atoms. The van der Waals surface area contributed by atoms with Crippen molar-refractivity contribution in [2.75, 3.05) is 0 Å². The number of aromatic hydroxyl groups is 1. The first-order valence-corrected chi connectivity index (χ1v) is 4.74. The van der Waals surface area contributed by atoms with Gasteiger partial charge in [-0.1, -0.05) is 23.7 Å². The average Bonchev–Trinajstić information content (AvgIpc) is 2.61. The maximum Gasteiger partial charge on any atom is 0.360 e. The highest BCUT2D eigenvalue weighted by molar-refractivity contribution is 6.32. The van der Waals surface area contributed by atoms with Gasteiger partial charge in [-0.3, -0.25) is 0 Å². The van der Waals surface area contributed by atoms with Crippen molar-refractivity contribution < 1.29 is 15.0 Å². The second kappa shape index (κ2) is 3.86. The van der Waals surface area contributed by atoms with Gasteiger partial charge in [0.05, 0.1) is 16.9 Å². The molecule has 0 aliphatic rings. The van der Waals surface area contributed by atoms with Gasteiger partial charge in [0, 0.05) is 0 Å². The predicted octanol–water partition coefficient (Wildman–Crippen LogP) is 1.93. The van der Waals surface area contributed by atoms with Crippen LogP contribution in [0.5, 0.6) is 5.75 Å². The summed E-state index contributed by atoms with van der Waals surface area (Å²) in [6, 6.07) is 6.80. The minimum Gasteiger partial charge on any atom is -0.504 e. The summed E-state index contributed by atoms with van der Waals surface area (Å²) < 4.78 is 1.22. The van der Waals surface area contributed by atoms with Crippen LogP contribution in [0.15, 0.2) is 30.5 Å². The van der Waals surface area contributed by atoms with Gasteiger partial charge in [0.15, 0.2) is 5.75 Å². The fourth-order valence-corrected chi connectivity index (χ4v) is 1.50. The lowest BCUT2D eigenvalue weighted by Crippen LogP contribution is -2.01. The molecule has 0 radical (unpaired) electrons. The van der Waals surface area contributed by atoms with Gasteiger partial charge in [-0.15, -0.1) is 0 Å². The van der Waals surface area contributed by atoms with Gasteiger partial charge in [0.1, 0.15) is 0 Å². The van der Waals surface area contributed by atoms with Crippen LogP contribution in [0.3, 0.4) is 0 Å². The standard InChI is InChI=1S/C10H7ClN2O3/c11-6-3-1-2-4-7(6)13-5-8(14)9(12-13)10(15)16/h1-5,14H,(H,15,16). The van der Waals surface area contributed by atoms with E-state index in [1.54, 1.807) is 24.3 Å². The van der Waals surface area contributed by atoms with Crippen molar-refractivity contribution in [1.29, 1.82) is 0 Å². The van der Waals surface area contributed by atoms with Crippen LogP contribution in [0, 0.1) is 0 Å². The van der Waals surface area contributed by atoms with Crippen molar-refractivity contribution in [3.05, 3.63) is 41.2 Å². The molecule has 0 unspecified atom stereocenters. The second-order valence-electron chi connectivity index (χ2n) is 3.06. The Morgan fingerprint density at radius 2 is 2.06 bits per heavy atom. The Bertz CT molecular complexity index is 551. The third-order valence-corrected chi connectivity index (χ3v) is 2.32. The largest absolute Gasteiger partial charge is 0.504 e. The molecule has 1 aromatic carbocycles. The van der Waals surface area contributed by atoms with Crippen LogP contribution in [0.1, 0.15) is 10.5 Å². The highest BCUT2D eigenvalue weighted by atomic mass is 35.5. The van der Waals surface area contributed by atoms with E-state index in [9.17, 15) is 9.90 Å². The van der Waals surface area contributed by atoms with E-state index in [-0.39, 0.29) is 0 Å². The maximum atomic E-state index is 10.7. The SMILES string of the molecule is O=C(O)c1nn(-c2ccccc2Cl)cc1O. The summed E-state index contributed by atoms with van der Waals surface area (Å²) in [5, 5.41) is 22.2. The smallest absolute Gasteiger partial charge is 0.360 e. The molecule has 2 N–H and O–H groups in total. The lowest BCUT2D eigenvalue weighted by atomic mass is 10.3. The Kier molecular flexibility index (Phi) is 2.54. The number of halogens is 1. The molecular weight excluding hydrogens is 232 g/mol. The molecule has 2 rings (SSSR count). The topological polar surface area (TPSA) is 75.3 Å². The number of hydrogen-bond acceptors (Lipinski definition) is 3. The quantitative estimate of drug-likeness (QED) is 0.838. The van der Waals surface area contributed by atoms with E-state index in [0.29, 0.717) is 10.7 Å². The molecule has 0 fully saturated rings. The molecule has 2 aromatic rings. The number of aromatic nitrogens is 2.